The third-order valence-electron chi connectivity index (χ3n) is 7.28. The van der Waals surface area contributed by atoms with E-state index in [1.54, 1.807) is 18.2 Å². The lowest BCUT2D eigenvalue weighted by molar-refractivity contribution is -0.125. The van der Waals surface area contributed by atoms with Crippen LogP contribution in [0.4, 0.5) is 5.69 Å². The molecule has 0 aromatic heterocycles. The average Bonchev–Trinajstić information content (AvgIpc) is 3.51. The number of nitrogens with one attached hydrogen (secondary N) is 1. The number of rotatable bonds is 6. The summed E-state index contributed by atoms with van der Waals surface area (Å²) in [4.78, 5) is 52.1. The van der Waals surface area contributed by atoms with Gasteiger partial charge in [-0.1, -0.05) is 36.4 Å². The van der Waals surface area contributed by atoms with Gasteiger partial charge in [-0.3, -0.25) is 19.3 Å². The molecule has 2 bridgehead atoms. The molecule has 2 aromatic rings. The molecule has 3 aliphatic rings. The van der Waals surface area contributed by atoms with Crippen molar-refractivity contribution in [2.75, 3.05) is 11.5 Å². The number of hydrogen-bond acceptors (Lipinski definition) is 5. The minimum Gasteiger partial charge on any atom is -0.452 e. The first-order valence-electron chi connectivity index (χ1n) is 11.4. The zero-order valence-electron chi connectivity index (χ0n) is 18.4. The van der Waals surface area contributed by atoms with Crippen LogP contribution in [0.15, 0.2) is 54.6 Å². The van der Waals surface area contributed by atoms with Crippen LogP contribution in [0.1, 0.15) is 48.1 Å². The van der Waals surface area contributed by atoms with Gasteiger partial charge in [-0.15, -0.1) is 0 Å². The molecular weight excluding hydrogens is 420 g/mol. The van der Waals surface area contributed by atoms with Crippen molar-refractivity contribution in [2.24, 2.45) is 23.7 Å². The summed E-state index contributed by atoms with van der Waals surface area (Å²) in [6.07, 6.45) is 2.99. The number of benzene rings is 2. The summed E-state index contributed by atoms with van der Waals surface area (Å²) in [6.45, 7) is 1.43. The summed E-state index contributed by atoms with van der Waals surface area (Å²) < 4.78 is 5.18. The molecule has 5 atom stereocenters. The maximum atomic E-state index is 13.0. The molecule has 2 saturated carbocycles. The van der Waals surface area contributed by atoms with Crippen molar-refractivity contribution in [1.82, 2.24) is 5.32 Å². The van der Waals surface area contributed by atoms with Crippen LogP contribution < -0.4 is 10.2 Å². The smallest absolute Gasteiger partial charge is 0.338 e. The van der Waals surface area contributed by atoms with Gasteiger partial charge in [0.15, 0.2) is 6.61 Å². The predicted molar refractivity (Wildman–Crippen MR) is 120 cm³/mol. The standard InChI is InChI=1S/C26H26N2O5/c1-15(16-6-3-2-4-7-16)27-21(29)14-33-26(32)19-8-5-9-20(13-19)28-24(30)22-17-10-11-18(12-17)23(22)25(28)31/h2-9,13,15,17-18,22-23H,10-12,14H2,1H3,(H,27,29)/t15-,17-,18-,22+,23+/m0/s1. The van der Waals surface area contributed by atoms with Gasteiger partial charge in [-0.25, -0.2) is 4.79 Å². The fourth-order valence-electron chi connectivity index (χ4n) is 5.76. The van der Waals surface area contributed by atoms with Gasteiger partial charge in [0, 0.05) is 0 Å². The number of hydrogen-bond donors (Lipinski definition) is 1. The molecular formula is C26H26N2O5. The van der Waals surface area contributed by atoms with E-state index >= 15 is 0 Å². The van der Waals surface area contributed by atoms with Crippen molar-refractivity contribution in [3.63, 3.8) is 0 Å². The Morgan fingerprint density at radius 2 is 1.67 bits per heavy atom. The highest BCUT2D eigenvalue weighted by molar-refractivity contribution is 6.22. The van der Waals surface area contributed by atoms with Gasteiger partial charge in [0.25, 0.3) is 5.91 Å². The molecule has 0 unspecified atom stereocenters. The number of anilines is 1. The molecule has 7 heteroatoms. The lowest BCUT2D eigenvalue weighted by Crippen LogP contribution is -2.33. The normalized spacial score (nSPS) is 26.3. The van der Waals surface area contributed by atoms with E-state index in [1.807, 2.05) is 37.3 Å². The highest BCUT2D eigenvalue weighted by atomic mass is 16.5. The molecule has 0 radical (unpaired) electrons. The number of fused-ring (bicyclic) bond motifs is 5. The molecule has 33 heavy (non-hydrogen) atoms. The Morgan fingerprint density at radius 3 is 2.33 bits per heavy atom. The lowest BCUT2D eigenvalue weighted by atomic mass is 9.81. The third kappa shape index (κ3) is 3.81. The van der Waals surface area contributed by atoms with Crippen molar-refractivity contribution in [3.8, 4) is 0 Å². The molecule has 1 heterocycles. The van der Waals surface area contributed by atoms with Crippen LogP contribution in [0.3, 0.4) is 0 Å². The Hall–Kier alpha value is -3.48. The maximum Gasteiger partial charge on any atom is 0.338 e. The Bertz CT molecular complexity index is 1090. The molecule has 1 aliphatic heterocycles. The van der Waals surface area contributed by atoms with E-state index in [-0.39, 0.29) is 35.3 Å². The minimum atomic E-state index is -0.682. The summed E-state index contributed by atoms with van der Waals surface area (Å²) in [5, 5.41) is 2.79. The maximum absolute atomic E-state index is 13.0. The van der Waals surface area contributed by atoms with Crippen LogP contribution in [0.2, 0.25) is 0 Å². The van der Waals surface area contributed by atoms with Gasteiger partial charge in [0.1, 0.15) is 0 Å². The topological polar surface area (TPSA) is 92.8 Å². The minimum absolute atomic E-state index is 0.156. The monoisotopic (exact) mass is 446 g/mol. The zero-order chi connectivity index (χ0) is 23.1. The molecule has 3 fully saturated rings. The van der Waals surface area contributed by atoms with Crippen LogP contribution >= 0.6 is 0 Å². The summed E-state index contributed by atoms with van der Waals surface area (Å²) in [6, 6.07) is 15.6. The van der Waals surface area contributed by atoms with Crippen LogP contribution in [0, 0.1) is 23.7 Å². The molecule has 1 saturated heterocycles. The van der Waals surface area contributed by atoms with Gasteiger partial charge < -0.3 is 10.1 Å². The quantitative estimate of drug-likeness (QED) is 0.543. The first-order chi connectivity index (χ1) is 15.9. The average molecular weight is 447 g/mol. The van der Waals surface area contributed by atoms with Crippen LogP contribution in [0.5, 0.6) is 0 Å². The van der Waals surface area contributed by atoms with Crippen molar-refractivity contribution in [3.05, 3.63) is 65.7 Å². The highest BCUT2D eigenvalue weighted by Gasteiger charge is 2.61. The molecule has 7 nitrogen and oxygen atoms in total. The van der Waals surface area contributed by atoms with E-state index in [0.717, 1.165) is 24.8 Å². The molecule has 2 aliphatic carbocycles. The second-order valence-corrected chi connectivity index (χ2v) is 9.22. The summed E-state index contributed by atoms with van der Waals surface area (Å²) in [5.41, 5.74) is 1.52. The molecule has 1 N–H and O–H groups in total. The van der Waals surface area contributed by atoms with E-state index in [4.69, 9.17) is 4.74 Å². The van der Waals surface area contributed by atoms with E-state index in [2.05, 4.69) is 5.32 Å². The first-order valence-corrected chi connectivity index (χ1v) is 11.4. The number of amides is 3. The summed E-state index contributed by atoms with van der Waals surface area (Å²) in [7, 11) is 0. The number of carbonyl (C=O) groups excluding carboxylic acids is 4. The molecule has 2 aromatic carbocycles. The van der Waals surface area contributed by atoms with Crippen molar-refractivity contribution < 1.29 is 23.9 Å². The SMILES string of the molecule is C[C@H](NC(=O)COC(=O)c1cccc(N2C(=O)[C@@H]3[C@H]4CC[C@@H](C4)[C@H]3C2=O)c1)c1ccccc1. The number of carbonyl (C=O) groups is 4. The Morgan fingerprint density at radius 1 is 1.00 bits per heavy atom. The number of nitrogens with zero attached hydrogens (tertiary/aromatic N) is 1. The third-order valence-corrected chi connectivity index (χ3v) is 7.28. The Kier molecular flexibility index (Phi) is 5.48. The Labute approximate surface area is 192 Å². The first kappa shape index (κ1) is 21.4. The molecule has 5 rings (SSSR count). The van der Waals surface area contributed by atoms with E-state index in [0.29, 0.717) is 17.5 Å². The number of esters is 1. The van der Waals surface area contributed by atoms with Gasteiger partial charge >= 0.3 is 5.97 Å². The molecule has 170 valence electrons. The molecule has 3 amide bonds. The van der Waals surface area contributed by atoms with Crippen molar-refractivity contribution in [2.45, 2.75) is 32.2 Å². The second-order valence-electron chi connectivity index (χ2n) is 9.22. The number of ether oxygens (including phenoxy) is 1. The highest BCUT2D eigenvalue weighted by Crippen LogP contribution is 2.56. The van der Waals surface area contributed by atoms with Crippen molar-refractivity contribution in [1.29, 1.82) is 0 Å². The fourth-order valence-corrected chi connectivity index (χ4v) is 5.76. The van der Waals surface area contributed by atoms with Gasteiger partial charge in [-0.05, 0) is 61.8 Å². The van der Waals surface area contributed by atoms with Crippen LogP contribution in [0.25, 0.3) is 0 Å². The zero-order valence-corrected chi connectivity index (χ0v) is 18.4. The molecule has 0 spiro atoms. The van der Waals surface area contributed by atoms with Crippen molar-refractivity contribution >= 4 is 29.4 Å². The lowest BCUT2D eigenvalue weighted by Gasteiger charge is -2.19. The largest absolute Gasteiger partial charge is 0.452 e. The second kappa shape index (κ2) is 8.46. The van der Waals surface area contributed by atoms with Gasteiger partial charge in [-0.2, -0.15) is 0 Å². The predicted octanol–water partition coefficient (Wildman–Crippen LogP) is 3.26. The van der Waals surface area contributed by atoms with Crippen LogP contribution in [-0.2, 0) is 19.1 Å². The van der Waals surface area contributed by atoms with E-state index in [1.165, 1.54) is 11.0 Å². The fraction of sp³-hybridized carbons (Fsp3) is 0.385. The van der Waals surface area contributed by atoms with Gasteiger partial charge in [0.05, 0.1) is 29.1 Å². The summed E-state index contributed by atoms with van der Waals surface area (Å²) in [5.74, 6) is -1.25. The van der Waals surface area contributed by atoms with E-state index < -0.39 is 18.5 Å². The Balaban J connectivity index is 1.22. The van der Waals surface area contributed by atoms with E-state index in [9.17, 15) is 19.2 Å². The summed E-state index contributed by atoms with van der Waals surface area (Å²) >= 11 is 0. The van der Waals surface area contributed by atoms with Gasteiger partial charge in [0.2, 0.25) is 11.8 Å². The number of imide groups is 1. The van der Waals surface area contributed by atoms with Crippen LogP contribution in [-0.4, -0.2) is 30.3 Å².